The molecule has 0 saturated heterocycles. The number of anilines is 1. The number of aromatic nitrogens is 2. The molecule has 1 aliphatic carbocycles. The zero-order chi connectivity index (χ0) is 25.5. The smallest absolute Gasteiger partial charge is 0.220 e. The molecular weight excluding hydrogens is 480 g/mol. The number of nitrogens with zero attached hydrogens (tertiary/aromatic N) is 1. The van der Waals surface area contributed by atoms with E-state index in [0.29, 0.717) is 6.42 Å². The van der Waals surface area contributed by atoms with Crippen molar-refractivity contribution in [3.05, 3.63) is 70.5 Å². The number of hydrogen-bond donors (Lipinski definition) is 3. The lowest BCUT2D eigenvalue weighted by Crippen LogP contribution is -2.24. The molecule has 2 aromatic heterocycles. The van der Waals surface area contributed by atoms with E-state index < -0.39 is 0 Å². The Hall–Kier alpha value is -3.05. The van der Waals surface area contributed by atoms with Gasteiger partial charge in [0.05, 0.1) is 5.52 Å². The van der Waals surface area contributed by atoms with Crippen LogP contribution < -0.4 is 10.6 Å². The van der Waals surface area contributed by atoms with Gasteiger partial charge in [-0.2, -0.15) is 0 Å². The molecule has 0 bridgehead atoms. The molecule has 194 valence electrons. The Balaban J connectivity index is 0.986. The van der Waals surface area contributed by atoms with E-state index >= 15 is 0 Å². The van der Waals surface area contributed by atoms with Crippen molar-refractivity contribution in [1.29, 1.82) is 0 Å². The lowest BCUT2D eigenvalue weighted by molar-refractivity contribution is -0.121. The molecule has 4 aromatic rings. The van der Waals surface area contributed by atoms with Crippen molar-refractivity contribution in [1.82, 2.24) is 15.3 Å². The Bertz CT molecular complexity index is 1360. The maximum absolute atomic E-state index is 12.2. The molecule has 2 heterocycles. The maximum atomic E-state index is 12.2. The number of fused-ring (bicyclic) bond motifs is 3. The number of halogens is 1. The highest BCUT2D eigenvalue weighted by atomic mass is 35.5. The molecule has 6 heteroatoms. The number of aryl methyl sites for hydroxylation is 2. The number of aromatic amines is 1. The van der Waals surface area contributed by atoms with Gasteiger partial charge in [-0.1, -0.05) is 42.6 Å². The highest BCUT2D eigenvalue weighted by molar-refractivity contribution is 6.31. The standard InChI is InChI=1S/C31H37ClN4O/c32-23-16-17-26-29(20-23)36-28-14-6-4-12-25(28)31(26)34-19-8-2-1-7-18-33-30(37)15-9-10-22-21-35-27-13-5-3-11-24(22)27/h3,5,11,13,16-17,20-21,35H,1-2,4,6-10,12,14-15,18-19H2,(H,33,37)(H,34,36). The van der Waals surface area contributed by atoms with Gasteiger partial charge in [0, 0.05) is 58.4 Å². The molecule has 0 radical (unpaired) electrons. The molecular formula is C31H37ClN4O. The normalized spacial score (nSPS) is 13.1. The number of unbranched alkanes of at least 4 members (excludes halogenated alkanes) is 3. The zero-order valence-corrected chi connectivity index (χ0v) is 22.3. The largest absolute Gasteiger partial charge is 0.384 e. The Labute approximate surface area is 224 Å². The number of rotatable bonds is 12. The highest BCUT2D eigenvalue weighted by Gasteiger charge is 2.18. The van der Waals surface area contributed by atoms with Crippen LogP contribution in [0.15, 0.2) is 48.7 Å². The quantitative estimate of drug-likeness (QED) is 0.172. The molecule has 0 spiro atoms. The fraction of sp³-hybridized carbons (Fsp3) is 0.419. The predicted molar refractivity (Wildman–Crippen MR) is 155 cm³/mol. The number of benzene rings is 2. The van der Waals surface area contributed by atoms with Crippen LogP contribution in [0.4, 0.5) is 5.69 Å². The summed E-state index contributed by atoms with van der Waals surface area (Å²) in [5, 5.41) is 10.0. The van der Waals surface area contributed by atoms with Crippen molar-refractivity contribution in [2.24, 2.45) is 0 Å². The molecule has 37 heavy (non-hydrogen) atoms. The van der Waals surface area contributed by atoms with Gasteiger partial charge in [0.2, 0.25) is 5.91 Å². The summed E-state index contributed by atoms with van der Waals surface area (Å²) in [5.74, 6) is 0.163. The van der Waals surface area contributed by atoms with Crippen LogP contribution in [0.5, 0.6) is 0 Å². The van der Waals surface area contributed by atoms with Gasteiger partial charge in [0.15, 0.2) is 0 Å². The topological polar surface area (TPSA) is 69.8 Å². The van der Waals surface area contributed by atoms with Crippen LogP contribution in [0.2, 0.25) is 5.02 Å². The number of para-hydroxylation sites is 1. The van der Waals surface area contributed by atoms with E-state index in [-0.39, 0.29) is 5.91 Å². The number of H-pyrrole nitrogens is 1. The molecule has 5 rings (SSSR count). The first-order valence-corrected chi connectivity index (χ1v) is 14.2. The van der Waals surface area contributed by atoms with E-state index in [1.165, 1.54) is 46.1 Å². The van der Waals surface area contributed by atoms with Gasteiger partial charge in [0.25, 0.3) is 0 Å². The van der Waals surface area contributed by atoms with Crippen LogP contribution in [0.25, 0.3) is 21.8 Å². The summed E-state index contributed by atoms with van der Waals surface area (Å²) in [5.41, 5.74) is 7.34. The summed E-state index contributed by atoms with van der Waals surface area (Å²) in [6, 6.07) is 14.4. The van der Waals surface area contributed by atoms with Crippen LogP contribution in [0.1, 0.15) is 68.2 Å². The van der Waals surface area contributed by atoms with Crippen LogP contribution in [-0.2, 0) is 24.1 Å². The average molecular weight is 517 g/mol. The van der Waals surface area contributed by atoms with Crippen LogP contribution >= 0.6 is 11.6 Å². The van der Waals surface area contributed by atoms with Gasteiger partial charge in [-0.05, 0) is 86.8 Å². The fourth-order valence-corrected chi connectivity index (χ4v) is 5.68. The lowest BCUT2D eigenvalue weighted by Gasteiger charge is -2.22. The number of carbonyl (C=O) groups excluding carboxylic acids is 1. The van der Waals surface area contributed by atoms with E-state index in [0.717, 1.165) is 80.5 Å². The van der Waals surface area contributed by atoms with Crippen LogP contribution in [0.3, 0.4) is 0 Å². The molecule has 2 aromatic carbocycles. The van der Waals surface area contributed by atoms with Gasteiger partial charge in [0.1, 0.15) is 0 Å². The average Bonchev–Trinajstić information content (AvgIpc) is 3.32. The van der Waals surface area contributed by atoms with Crippen LogP contribution in [-0.4, -0.2) is 29.0 Å². The number of carbonyl (C=O) groups is 1. The number of amides is 1. The molecule has 0 fully saturated rings. The second-order valence-corrected chi connectivity index (χ2v) is 10.6. The third-order valence-electron chi connectivity index (χ3n) is 7.48. The van der Waals surface area contributed by atoms with Crippen LogP contribution in [0, 0.1) is 0 Å². The molecule has 1 aliphatic rings. The minimum atomic E-state index is 0.163. The first-order chi connectivity index (χ1) is 18.2. The maximum Gasteiger partial charge on any atom is 0.220 e. The third-order valence-corrected chi connectivity index (χ3v) is 7.71. The first kappa shape index (κ1) is 25.6. The second-order valence-electron chi connectivity index (χ2n) is 10.2. The van der Waals surface area contributed by atoms with Gasteiger partial charge in [-0.3, -0.25) is 9.78 Å². The summed E-state index contributed by atoms with van der Waals surface area (Å²) >= 11 is 6.24. The molecule has 0 aliphatic heterocycles. The first-order valence-electron chi connectivity index (χ1n) is 13.9. The summed E-state index contributed by atoms with van der Waals surface area (Å²) in [6.07, 6.45) is 13.5. The van der Waals surface area contributed by atoms with E-state index in [1.54, 1.807) is 0 Å². The van der Waals surface area contributed by atoms with Gasteiger partial charge < -0.3 is 15.6 Å². The molecule has 5 nitrogen and oxygen atoms in total. The summed E-state index contributed by atoms with van der Waals surface area (Å²) in [7, 11) is 0. The molecule has 0 atom stereocenters. The second kappa shape index (κ2) is 12.5. The highest BCUT2D eigenvalue weighted by Crippen LogP contribution is 2.34. The van der Waals surface area contributed by atoms with Gasteiger partial charge >= 0.3 is 0 Å². The number of hydrogen-bond acceptors (Lipinski definition) is 3. The van der Waals surface area contributed by atoms with E-state index in [4.69, 9.17) is 16.6 Å². The summed E-state index contributed by atoms with van der Waals surface area (Å²) in [4.78, 5) is 20.5. The minimum Gasteiger partial charge on any atom is -0.384 e. The Morgan fingerprint density at radius 2 is 1.78 bits per heavy atom. The van der Waals surface area contributed by atoms with Crippen molar-refractivity contribution in [2.75, 3.05) is 18.4 Å². The van der Waals surface area contributed by atoms with E-state index in [9.17, 15) is 4.79 Å². The van der Waals surface area contributed by atoms with Crippen molar-refractivity contribution >= 4 is 45.0 Å². The third kappa shape index (κ3) is 6.45. The molecule has 0 saturated carbocycles. The van der Waals surface area contributed by atoms with Gasteiger partial charge in [-0.25, -0.2) is 0 Å². The van der Waals surface area contributed by atoms with Crippen molar-refractivity contribution in [2.45, 2.75) is 70.6 Å². The Morgan fingerprint density at radius 3 is 2.70 bits per heavy atom. The fourth-order valence-electron chi connectivity index (χ4n) is 5.51. The van der Waals surface area contributed by atoms with E-state index in [1.807, 2.05) is 18.2 Å². The van der Waals surface area contributed by atoms with Crippen molar-refractivity contribution in [3.63, 3.8) is 0 Å². The van der Waals surface area contributed by atoms with E-state index in [2.05, 4.69) is 46.1 Å². The number of pyridine rings is 1. The monoisotopic (exact) mass is 516 g/mol. The van der Waals surface area contributed by atoms with Crippen molar-refractivity contribution < 1.29 is 4.79 Å². The molecule has 1 amide bonds. The Morgan fingerprint density at radius 1 is 0.946 bits per heavy atom. The minimum absolute atomic E-state index is 0.163. The molecule has 0 unspecified atom stereocenters. The van der Waals surface area contributed by atoms with Crippen molar-refractivity contribution in [3.8, 4) is 0 Å². The summed E-state index contributed by atoms with van der Waals surface area (Å²) in [6.45, 7) is 1.72. The Kier molecular flexibility index (Phi) is 8.62. The van der Waals surface area contributed by atoms with Gasteiger partial charge in [-0.15, -0.1) is 0 Å². The molecule has 3 N–H and O–H groups in total. The number of nitrogens with one attached hydrogen (secondary N) is 3. The zero-order valence-electron chi connectivity index (χ0n) is 21.5. The lowest BCUT2D eigenvalue weighted by atomic mass is 9.92. The SMILES string of the molecule is O=C(CCCc1c[nH]c2ccccc12)NCCCCCCNc1c2c(nc3cc(Cl)ccc13)CCCC2. The predicted octanol–water partition coefficient (Wildman–Crippen LogP) is 7.36. The summed E-state index contributed by atoms with van der Waals surface area (Å²) < 4.78 is 0.